The molecule has 0 unspecified atom stereocenters. The van der Waals surface area contributed by atoms with Crippen molar-refractivity contribution in [3.05, 3.63) is 30.1 Å². The number of alkyl halides is 6. The van der Waals surface area contributed by atoms with Crippen molar-refractivity contribution >= 4 is 22.7 Å². The van der Waals surface area contributed by atoms with Gasteiger partial charge in [0.2, 0.25) is 0 Å². The first-order valence-corrected chi connectivity index (χ1v) is 10.1. The van der Waals surface area contributed by atoms with Crippen molar-refractivity contribution in [1.82, 2.24) is 29.7 Å². The molecule has 5 rings (SSSR count). The summed E-state index contributed by atoms with van der Waals surface area (Å²) in [6.45, 7) is 1.99. The molecule has 0 radical (unpaired) electrons. The van der Waals surface area contributed by atoms with Gasteiger partial charge in [-0.3, -0.25) is 0 Å². The maximum Gasteiger partial charge on any atom is 0.435 e. The van der Waals surface area contributed by atoms with E-state index in [4.69, 9.17) is 0 Å². The topological polar surface area (TPSA) is 75.9 Å². The minimum atomic E-state index is -4.59. The Hall–Kier alpha value is -3.19. The van der Waals surface area contributed by atoms with Crippen LogP contribution in [0, 0.1) is 12.3 Å². The monoisotopic (exact) mass is 472 g/mol. The van der Waals surface area contributed by atoms with Crippen LogP contribution >= 0.6 is 0 Å². The van der Waals surface area contributed by atoms with Gasteiger partial charge in [-0.1, -0.05) is 0 Å². The van der Waals surface area contributed by atoms with Crippen LogP contribution in [0.15, 0.2) is 18.6 Å². The summed E-state index contributed by atoms with van der Waals surface area (Å²) < 4.78 is 79.4. The number of rotatable bonds is 3. The maximum atomic E-state index is 13.4. The lowest BCUT2D eigenvalue weighted by Crippen LogP contribution is -2.58. The van der Waals surface area contributed by atoms with Crippen LogP contribution in [-0.2, 0) is 12.7 Å². The second-order valence-corrected chi connectivity index (χ2v) is 8.53. The predicted molar refractivity (Wildman–Crippen MR) is 105 cm³/mol. The maximum absolute atomic E-state index is 13.4. The number of anilines is 2. The number of aryl methyl sites for hydroxylation is 1. The van der Waals surface area contributed by atoms with Gasteiger partial charge in [0, 0.05) is 31.6 Å². The first kappa shape index (κ1) is 21.6. The van der Waals surface area contributed by atoms with E-state index in [0.717, 1.165) is 4.68 Å². The van der Waals surface area contributed by atoms with Crippen molar-refractivity contribution in [2.45, 2.75) is 32.2 Å². The molecule has 2 saturated heterocycles. The van der Waals surface area contributed by atoms with Gasteiger partial charge in [-0.15, -0.1) is 0 Å². The van der Waals surface area contributed by atoms with Crippen LogP contribution in [0.2, 0.25) is 0 Å². The van der Waals surface area contributed by atoms with Gasteiger partial charge in [-0.05, 0) is 13.3 Å². The van der Waals surface area contributed by atoms with E-state index in [1.807, 2.05) is 4.90 Å². The molecule has 0 atom stereocenters. The number of hydrogen-bond acceptors (Lipinski definition) is 7. The highest BCUT2D eigenvalue weighted by Crippen LogP contribution is 2.45. The summed E-state index contributed by atoms with van der Waals surface area (Å²) in [6.07, 6.45) is -4.41. The molecule has 8 nitrogen and oxygen atoms in total. The van der Waals surface area contributed by atoms with E-state index in [0.29, 0.717) is 38.4 Å². The molecule has 176 valence electrons. The molecule has 2 fully saturated rings. The molecule has 0 amide bonds. The van der Waals surface area contributed by atoms with Crippen molar-refractivity contribution in [3.8, 4) is 0 Å². The normalized spacial score (nSPS) is 18.4. The highest BCUT2D eigenvalue weighted by atomic mass is 19.4. The van der Waals surface area contributed by atoms with Gasteiger partial charge in [0.05, 0.1) is 24.3 Å². The fraction of sp³-hybridized carbons (Fsp3) is 0.526. The van der Waals surface area contributed by atoms with Gasteiger partial charge in [0.25, 0.3) is 0 Å². The quantitative estimate of drug-likeness (QED) is 0.542. The summed E-state index contributed by atoms with van der Waals surface area (Å²) in [7, 11) is 0. The first-order valence-electron chi connectivity index (χ1n) is 10.1. The number of hydrogen-bond donors (Lipinski definition) is 0. The highest BCUT2D eigenvalue weighted by molar-refractivity contribution is 5.71. The molecule has 3 aromatic heterocycles. The van der Waals surface area contributed by atoms with E-state index >= 15 is 0 Å². The van der Waals surface area contributed by atoms with Crippen molar-refractivity contribution in [3.63, 3.8) is 0 Å². The summed E-state index contributed by atoms with van der Waals surface area (Å²) in [5.74, 6) is 0.462. The van der Waals surface area contributed by atoms with Gasteiger partial charge >= 0.3 is 12.4 Å². The Labute approximate surface area is 183 Å². The molecular formula is C19H18F6N8. The van der Waals surface area contributed by atoms with Crippen LogP contribution in [0.3, 0.4) is 0 Å². The summed E-state index contributed by atoms with van der Waals surface area (Å²) in [4.78, 5) is 19.5. The van der Waals surface area contributed by atoms with Gasteiger partial charge in [-0.2, -0.15) is 31.4 Å². The average Bonchev–Trinajstić information content (AvgIpc) is 3.30. The predicted octanol–water partition coefficient (Wildman–Crippen LogP) is 3.22. The Bertz CT molecular complexity index is 1200. The second kappa shape index (κ2) is 7.15. The lowest BCUT2D eigenvalue weighted by atomic mass is 9.78. The van der Waals surface area contributed by atoms with Crippen LogP contribution in [0.25, 0.3) is 11.2 Å². The minimum Gasteiger partial charge on any atom is -0.367 e. The van der Waals surface area contributed by atoms with Crippen molar-refractivity contribution in [2.24, 2.45) is 5.41 Å². The molecule has 0 aromatic carbocycles. The molecule has 2 aliphatic rings. The summed E-state index contributed by atoms with van der Waals surface area (Å²) in [5.41, 5.74) is -0.960. The molecule has 0 bridgehead atoms. The Balaban J connectivity index is 1.33. The first-order chi connectivity index (χ1) is 15.4. The highest BCUT2D eigenvalue weighted by Gasteiger charge is 2.50. The number of aromatic nitrogens is 6. The fourth-order valence-corrected chi connectivity index (χ4v) is 4.50. The molecule has 33 heavy (non-hydrogen) atoms. The van der Waals surface area contributed by atoms with Crippen molar-refractivity contribution < 1.29 is 26.3 Å². The van der Waals surface area contributed by atoms with Crippen LogP contribution < -0.4 is 9.80 Å². The lowest BCUT2D eigenvalue weighted by Gasteiger charge is -2.49. The molecule has 5 heterocycles. The van der Waals surface area contributed by atoms with Crippen molar-refractivity contribution in [2.75, 3.05) is 36.0 Å². The van der Waals surface area contributed by atoms with E-state index in [-0.39, 0.29) is 28.1 Å². The SMILES string of the molecule is Cc1ncc(N2CC3(CCN(c4cnc5cnn(CC(F)(F)F)c5n4)C3)C2)c(C(F)(F)F)n1. The second-order valence-electron chi connectivity index (χ2n) is 8.53. The summed E-state index contributed by atoms with van der Waals surface area (Å²) in [6, 6.07) is 0. The zero-order valence-corrected chi connectivity index (χ0v) is 17.3. The van der Waals surface area contributed by atoms with E-state index in [1.165, 1.54) is 25.5 Å². The fourth-order valence-electron chi connectivity index (χ4n) is 4.50. The molecule has 0 saturated carbocycles. The Morgan fingerprint density at radius 3 is 2.36 bits per heavy atom. The molecule has 1 spiro atoms. The van der Waals surface area contributed by atoms with E-state index in [1.54, 1.807) is 4.90 Å². The van der Waals surface area contributed by atoms with Crippen LogP contribution in [0.1, 0.15) is 17.9 Å². The Morgan fingerprint density at radius 2 is 1.67 bits per heavy atom. The lowest BCUT2D eigenvalue weighted by molar-refractivity contribution is -0.142. The minimum absolute atomic E-state index is 0.0348. The molecule has 0 N–H and O–H groups in total. The Kier molecular flexibility index (Phi) is 4.69. The molecule has 14 heteroatoms. The molecular weight excluding hydrogens is 454 g/mol. The average molecular weight is 472 g/mol. The Morgan fingerprint density at radius 1 is 0.939 bits per heavy atom. The van der Waals surface area contributed by atoms with Gasteiger partial charge in [-0.25, -0.2) is 24.6 Å². The van der Waals surface area contributed by atoms with E-state index in [2.05, 4.69) is 25.0 Å². The number of halogens is 6. The molecule has 2 aliphatic heterocycles. The zero-order valence-electron chi connectivity index (χ0n) is 17.3. The number of fused-ring (bicyclic) bond motifs is 1. The van der Waals surface area contributed by atoms with Crippen LogP contribution in [-0.4, -0.2) is 62.1 Å². The zero-order chi connectivity index (χ0) is 23.6. The molecule has 0 aliphatic carbocycles. The van der Waals surface area contributed by atoms with Crippen LogP contribution in [0.4, 0.5) is 37.8 Å². The van der Waals surface area contributed by atoms with Gasteiger partial charge in [0.1, 0.15) is 23.7 Å². The van der Waals surface area contributed by atoms with Gasteiger partial charge < -0.3 is 9.80 Å². The largest absolute Gasteiger partial charge is 0.435 e. The van der Waals surface area contributed by atoms with E-state index < -0.39 is 24.6 Å². The third-order valence-electron chi connectivity index (χ3n) is 5.98. The van der Waals surface area contributed by atoms with Crippen molar-refractivity contribution in [1.29, 1.82) is 0 Å². The van der Waals surface area contributed by atoms with E-state index in [9.17, 15) is 26.3 Å². The summed E-state index contributed by atoms with van der Waals surface area (Å²) in [5, 5.41) is 3.72. The smallest absolute Gasteiger partial charge is 0.367 e. The summed E-state index contributed by atoms with van der Waals surface area (Å²) >= 11 is 0. The third-order valence-corrected chi connectivity index (χ3v) is 5.98. The number of nitrogens with zero attached hydrogens (tertiary/aromatic N) is 8. The van der Waals surface area contributed by atoms with Gasteiger partial charge in [0.15, 0.2) is 11.3 Å². The standard InChI is InChI=1S/C19H18F6N8/c1-11-26-5-13(15(29-11)19(23,24)25)32-8-17(9-32)2-3-31(7-17)14-6-27-12-4-28-33(16(12)30-14)10-18(20,21)22/h4-6H,2-3,7-10H2,1H3. The molecule has 3 aromatic rings. The third kappa shape index (κ3) is 4.02. The van der Waals surface area contributed by atoms with Crippen LogP contribution in [0.5, 0.6) is 0 Å².